The van der Waals surface area contributed by atoms with Gasteiger partial charge in [0.1, 0.15) is 0 Å². The molecule has 0 spiro atoms. The molecule has 116 valence electrons. The molecule has 0 atom stereocenters. The highest BCUT2D eigenvalue weighted by Crippen LogP contribution is 2.29. The number of piperidine rings is 1. The summed E-state index contributed by atoms with van der Waals surface area (Å²) in [6.07, 6.45) is 4.47. The van der Waals surface area contributed by atoms with Gasteiger partial charge >= 0.3 is 0 Å². The molecule has 0 radical (unpaired) electrons. The highest BCUT2D eigenvalue weighted by atomic mass is 32.2. The van der Waals surface area contributed by atoms with Gasteiger partial charge in [-0.25, -0.2) is 13.1 Å². The van der Waals surface area contributed by atoms with E-state index in [0.29, 0.717) is 4.90 Å². The van der Waals surface area contributed by atoms with Crippen LogP contribution in [-0.2, 0) is 10.0 Å². The van der Waals surface area contributed by atoms with Gasteiger partial charge in [-0.2, -0.15) is 0 Å². The zero-order chi connectivity index (χ0) is 15.0. The molecule has 21 heavy (non-hydrogen) atoms. The summed E-state index contributed by atoms with van der Waals surface area (Å²) in [4.78, 5) is 2.93. The van der Waals surface area contributed by atoms with Gasteiger partial charge in [0.25, 0.3) is 0 Å². The zero-order valence-electron chi connectivity index (χ0n) is 12.8. The average molecular weight is 308 g/mol. The van der Waals surface area contributed by atoms with Gasteiger partial charge in [0.2, 0.25) is 10.0 Å². The lowest BCUT2D eigenvalue weighted by molar-refractivity contribution is 0.199. The van der Waals surface area contributed by atoms with E-state index in [1.54, 1.807) is 6.07 Å². The maximum Gasteiger partial charge on any atom is 0.241 e. The van der Waals surface area contributed by atoms with Gasteiger partial charge in [-0.3, -0.25) is 0 Å². The summed E-state index contributed by atoms with van der Waals surface area (Å²) in [7, 11) is -3.40. The molecule has 0 unspecified atom stereocenters. The fraction of sp³-hybridized carbons (Fsp3) is 0.625. The maximum atomic E-state index is 12.6. The van der Waals surface area contributed by atoms with Crippen molar-refractivity contribution in [3.05, 3.63) is 29.3 Å². The normalized spacial score (nSPS) is 21.6. The molecule has 1 heterocycles. The first kappa shape index (κ1) is 15.0. The lowest BCUT2D eigenvalue weighted by atomic mass is 10.1. The van der Waals surface area contributed by atoms with Crippen molar-refractivity contribution in [2.75, 3.05) is 13.1 Å². The Morgan fingerprint density at radius 3 is 2.38 bits per heavy atom. The molecule has 2 aliphatic rings. The van der Waals surface area contributed by atoms with Crippen LogP contribution in [0.15, 0.2) is 23.1 Å². The Kier molecular flexibility index (Phi) is 4.08. The molecule has 1 saturated carbocycles. The molecule has 1 aromatic carbocycles. The molecule has 1 aromatic rings. The highest BCUT2D eigenvalue weighted by Gasteiger charge is 2.33. The van der Waals surface area contributed by atoms with Crippen molar-refractivity contribution < 1.29 is 8.42 Å². The third-order valence-electron chi connectivity index (χ3n) is 4.55. The first-order valence-corrected chi connectivity index (χ1v) is 9.28. The fourth-order valence-corrected chi connectivity index (χ4v) is 4.74. The van der Waals surface area contributed by atoms with Crippen LogP contribution >= 0.6 is 0 Å². The number of aryl methyl sites for hydroxylation is 2. The van der Waals surface area contributed by atoms with Gasteiger partial charge < -0.3 is 4.90 Å². The van der Waals surface area contributed by atoms with Gasteiger partial charge in [0, 0.05) is 12.1 Å². The minimum Gasteiger partial charge on any atom is -0.300 e. The van der Waals surface area contributed by atoms with E-state index < -0.39 is 10.0 Å². The smallest absolute Gasteiger partial charge is 0.241 e. The standard InChI is InChI=1S/C16H24N2O2S/c1-12-3-4-13(2)16(11-12)21(19,20)17-14-7-9-18(10-8-14)15-5-6-15/h3-4,11,14-15,17H,5-10H2,1-2H3. The topological polar surface area (TPSA) is 49.4 Å². The van der Waals surface area contributed by atoms with Crippen LogP contribution in [0.3, 0.4) is 0 Å². The summed E-state index contributed by atoms with van der Waals surface area (Å²) in [5.74, 6) is 0. The van der Waals surface area contributed by atoms with Crippen LogP contribution in [0.25, 0.3) is 0 Å². The first-order chi connectivity index (χ1) is 9.95. The Balaban J connectivity index is 1.67. The number of sulfonamides is 1. The van der Waals surface area contributed by atoms with Gasteiger partial charge in [0.05, 0.1) is 4.90 Å². The molecular weight excluding hydrogens is 284 g/mol. The molecule has 2 fully saturated rings. The average Bonchev–Trinajstić information content (AvgIpc) is 3.26. The third-order valence-corrected chi connectivity index (χ3v) is 6.21. The van der Waals surface area contributed by atoms with Gasteiger partial charge in [-0.1, -0.05) is 12.1 Å². The van der Waals surface area contributed by atoms with E-state index in [1.165, 1.54) is 12.8 Å². The molecule has 1 saturated heterocycles. The van der Waals surface area contributed by atoms with Crippen molar-refractivity contribution in [1.29, 1.82) is 0 Å². The number of hydrogen-bond acceptors (Lipinski definition) is 3. The second-order valence-electron chi connectivity index (χ2n) is 6.43. The quantitative estimate of drug-likeness (QED) is 0.928. The minimum absolute atomic E-state index is 0.0740. The molecule has 1 N–H and O–H groups in total. The Labute approximate surface area is 127 Å². The van der Waals surface area contributed by atoms with Crippen LogP contribution in [0.5, 0.6) is 0 Å². The summed E-state index contributed by atoms with van der Waals surface area (Å²) in [6, 6.07) is 6.44. The molecule has 4 nitrogen and oxygen atoms in total. The van der Waals surface area contributed by atoms with Crippen molar-refractivity contribution in [3.63, 3.8) is 0 Å². The Hall–Kier alpha value is -0.910. The van der Waals surface area contributed by atoms with E-state index in [9.17, 15) is 8.42 Å². The summed E-state index contributed by atoms with van der Waals surface area (Å²) in [5, 5.41) is 0. The van der Waals surface area contributed by atoms with Crippen molar-refractivity contribution in [2.24, 2.45) is 0 Å². The number of hydrogen-bond donors (Lipinski definition) is 1. The summed E-state index contributed by atoms with van der Waals surface area (Å²) < 4.78 is 28.1. The molecular formula is C16H24N2O2S. The number of nitrogens with zero attached hydrogens (tertiary/aromatic N) is 1. The van der Waals surface area contributed by atoms with Crippen molar-refractivity contribution in [3.8, 4) is 0 Å². The molecule has 1 aliphatic heterocycles. The summed E-state index contributed by atoms with van der Waals surface area (Å²) >= 11 is 0. The van der Waals surface area contributed by atoms with Crippen molar-refractivity contribution >= 4 is 10.0 Å². The van der Waals surface area contributed by atoms with Crippen molar-refractivity contribution in [2.45, 2.75) is 56.5 Å². The molecule has 3 rings (SSSR count). The SMILES string of the molecule is Cc1ccc(C)c(S(=O)(=O)NC2CCN(C3CC3)CC2)c1. The monoisotopic (exact) mass is 308 g/mol. The summed E-state index contributed by atoms with van der Waals surface area (Å²) in [5.41, 5.74) is 1.79. The van der Waals surface area contributed by atoms with Gasteiger partial charge in [-0.05, 0) is 69.8 Å². The first-order valence-electron chi connectivity index (χ1n) is 7.79. The van der Waals surface area contributed by atoms with E-state index in [0.717, 1.165) is 43.1 Å². The number of likely N-dealkylation sites (tertiary alicyclic amines) is 1. The predicted molar refractivity (Wildman–Crippen MR) is 83.9 cm³/mol. The van der Waals surface area contributed by atoms with Crippen LogP contribution < -0.4 is 4.72 Å². The van der Waals surface area contributed by atoms with E-state index in [1.807, 2.05) is 26.0 Å². The third kappa shape index (κ3) is 3.47. The maximum absolute atomic E-state index is 12.6. The van der Waals surface area contributed by atoms with Crippen LogP contribution in [0, 0.1) is 13.8 Å². The van der Waals surface area contributed by atoms with Gasteiger partial charge in [-0.15, -0.1) is 0 Å². The number of nitrogens with one attached hydrogen (secondary N) is 1. The molecule has 0 amide bonds. The molecule has 0 bridgehead atoms. The molecule has 5 heteroatoms. The predicted octanol–water partition coefficient (Wildman–Crippen LogP) is 2.21. The van der Waals surface area contributed by atoms with Crippen LogP contribution in [0.2, 0.25) is 0 Å². The summed E-state index contributed by atoms with van der Waals surface area (Å²) in [6.45, 7) is 5.81. The lowest BCUT2D eigenvalue weighted by Gasteiger charge is -2.32. The highest BCUT2D eigenvalue weighted by molar-refractivity contribution is 7.89. The largest absolute Gasteiger partial charge is 0.300 e. The van der Waals surface area contributed by atoms with Crippen LogP contribution in [-0.4, -0.2) is 38.5 Å². The second-order valence-corrected chi connectivity index (χ2v) is 8.11. The van der Waals surface area contributed by atoms with Crippen LogP contribution in [0.4, 0.5) is 0 Å². The minimum atomic E-state index is -3.40. The lowest BCUT2D eigenvalue weighted by Crippen LogP contribution is -2.45. The zero-order valence-corrected chi connectivity index (χ0v) is 13.6. The number of rotatable bonds is 4. The second kappa shape index (κ2) is 5.71. The number of benzene rings is 1. The van der Waals surface area contributed by atoms with E-state index in [-0.39, 0.29) is 6.04 Å². The fourth-order valence-electron chi connectivity index (χ4n) is 3.10. The van der Waals surface area contributed by atoms with E-state index in [2.05, 4.69) is 9.62 Å². The molecule has 1 aliphatic carbocycles. The van der Waals surface area contributed by atoms with E-state index in [4.69, 9.17) is 0 Å². The Morgan fingerprint density at radius 2 is 1.76 bits per heavy atom. The van der Waals surface area contributed by atoms with E-state index >= 15 is 0 Å². The molecule has 0 aromatic heterocycles. The Morgan fingerprint density at radius 1 is 1.10 bits per heavy atom. The van der Waals surface area contributed by atoms with Crippen molar-refractivity contribution in [1.82, 2.24) is 9.62 Å². The Bertz CT molecular complexity index is 615. The van der Waals surface area contributed by atoms with Gasteiger partial charge in [0.15, 0.2) is 0 Å². The van der Waals surface area contributed by atoms with Crippen LogP contribution in [0.1, 0.15) is 36.8 Å².